The van der Waals surface area contributed by atoms with Gasteiger partial charge >= 0.3 is 0 Å². The number of hydrogen-bond donors (Lipinski definition) is 1. The molecule has 1 N–H and O–H groups in total. The molecule has 0 aliphatic heterocycles. The summed E-state index contributed by atoms with van der Waals surface area (Å²) < 4.78 is 7.38. The molecule has 0 saturated heterocycles. The highest BCUT2D eigenvalue weighted by atomic mass is 35.5. The minimum atomic E-state index is -0.0990. The molecule has 3 aromatic rings. The van der Waals surface area contributed by atoms with E-state index in [1.54, 1.807) is 0 Å². The van der Waals surface area contributed by atoms with Gasteiger partial charge in [-0.05, 0) is 31.7 Å². The van der Waals surface area contributed by atoms with Crippen molar-refractivity contribution in [2.75, 3.05) is 7.05 Å². The highest BCUT2D eigenvalue weighted by Gasteiger charge is 2.21. The first-order valence-electron chi connectivity index (χ1n) is 6.21. The maximum absolute atomic E-state index is 6.25. The van der Waals surface area contributed by atoms with Crippen LogP contribution in [0.15, 0.2) is 34.7 Å². The normalized spacial score (nSPS) is 13.0. The van der Waals surface area contributed by atoms with Crippen LogP contribution in [0.25, 0.3) is 11.0 Å². The third kappa shape index (κ3) is 2.35. The third-order valence-electron chi connectivity index (χ3n) is 3.33. The Morgan fingerprint density at radius 3 is 2.65 bits per heavy atom. The van der Waals surface area contributed by atoms with Crippen LogP contribution < -0.4 is 5.32 Å². The molecule has 0 aliphatic rings. The van der Waals surface area contributed by atoms with Crippen molar-refractivity contribution in [3.63, 3.8) is 0 Å². The van der Waals surface area contributed by atoms with Crippen molar-refractivity contribution in [2.45, 2.75) is 13.0 Å². The summed E-state index contributed by atoms with van der Waals surface area (Å²) in [6, 6.07) is 9.95. The molecule has 20 heavy (non-hydrogen) atoms. The molecule has 1 unspecified atom stereocenters. The van der Waals surface area contributed by atoms with Crippen molar-refractivity contribution >= 4 is 45.5 Å². The molecule has 1 atom stereocenters. The molecule has 0 spiro atoms. The summed E-state index contributed by atoms with van der Waals surface area (Å²) in [6.45, 7) is 2.04. The van der Waals surface area contributed by atoms with Crippen LogP contribution in [0, 0.1) is 6.92 Å². The average molecular weight is 326 g/mol. The van der Waals surface area contributed by atoms with Gasteiger partial charge in [-0.15, -0.1) is 11.3 Å². The molecule has 0 radical (unpaired) electrons. The van der Waals surface area contributed by atoms with Crippen LogP contribution in [-0.4, -0.2) is 7.05 Å². The van der Waals surface area contributed by atoms with Crippen molar-refractivity contribution in [1.29, 1.82) is 0 Å². The summed E-state index contributed by atoms with van der Waals surface area (Å²) in [5.74, 6) is 0.841. The number of benzene rings is 1. The van der Waals surface area contributed by atoms with Gasteiger partial charge in [0, 0.05) is 10.9 Å². The minimum Gasteiger partial charge on any atom is -0.459 e. The molecule has 0 fully saturated rings. The third-order valence-corrected chi connectivity index (χ3v) is 4.85. The standard InChI is InChI=1S/C15H13Cl2NOS/c1-8-4-3-5-9-6-11(19-14(8)9)13(18-2)10-7-12(16)20-15(10)17/h3-7,13,18H,1-2H3. The quantitative estimate of drug-likeness (QED) is 0.695. The first kappa shape index (κ1) is 14.0. The number of nitrogens with one attached hydrogen (secondary N) is 1. The van der Waals surface area contributed by atoms with Gasteiger partial charge in [-0.2, -0.15) is 0 Å². The summed E-state index contributed by atoms with van der Waals surface area (Å²) in [4.78, 5) is 0. The summed E-state index contributed by atoms with van der Waals surface area (Å²) in [7, 11) is 1.88. The van der Waals surface area contributed by atoms with Crippen LogP contribution in [0.5, 0.6) is 0 Å². The fraction of sp³-hybridized carbons (Fsp3) is 0.200. The van der Waals surface area contributed by atoms with Crippen LogP contribution in [0.2, 0.25) is 8.67 Å². The van der Waals surface area contributed by atoms with Crippen molar-refractivity contribution < 1.29 is 4.42 Å². The van der Waals surface area contributed by atoms with Crippen molar-refractivity contribution in [1.82, 2.24) is 5.32 Å². The second-order valence-corrected chi connectivity index (χ2v) is 6.93. The zero-order valence-corrected chi connectivity index (χ0v) is 13.4. The number of para-hydroxylation sites is 1. The molecule has 104 valence electrons. The molecule has 0 amide bonds. The lowest BCUT2D eigenvalue weighted by Gasteiger charge is -2.12. The van der Waals surface area contributed by atoms with E-state index in [1.165, 1.54) is 11.3 Å². The predicted molar refractivity (Wildman–Crippen MR) is 86.2 cm³/mol. The summed E-state index contributed by atoms with van der Waals surface area (Å²) in [6.07, 6.45) is 0. The van der Waals surface area contributed by atoms with Crippen LogP contribution in [0.4, 0.5) is 0 Å². The number of aryl methyl sites for hydroxylation is 1. The molecule has 0 aliphatic carbocycles. The van der Waals surface area contributed by atoms with Crippen molar-refractivity contribution in [3.05, 3.63) is 55.9 Å². The highest BCUT2D eigenvalue weighted by molar-refractivity contribution is 7.20. The molecule has 2 aromatic heterocycles. The number of thiophene rings is 1. The van der Waals surface area contributed by atoms with E-state index in [1.807, 2.05) is 44.3 Å². The van der Waals surface area contributed by atoms with E-state index in [-0.39, 0.29) is 6.04 Å². The number of furan rings is 1. The van der Waals surface area contributed by atoms with E-state index >= 15 is 0 Å². The van der Waals surface area contributed by atoms with Gasteiger partial charge < -0.3 is 9.73 Å². The van der Waals surface area contributed by atoms with Crippen LogP contribution in [-0.2, 0) is 0 Å². The lowest BCUT2D eigenvalue weighted by Crippen LogP contribution is -2.16. The van der Waals surface area contributed by atoms with Crippen LogP contribution in [0.1, 0.15) is 22.9 Å². The topological polar surface area (TPSA) is 25.2 Å². The Morgan fingerprint density at radius 1 is 1.25 bits per heavy atom. The lowest BCUT2D eigenvalue weighted by molar-refractivity contribution is 0.491. The van der Waals surface area contributed by atoms with Crippen LogP contribution in [0.3, 0.4) is 0 Å². The second kappa shape index (κ2) is 5.41. The number of hydrogen-bond acceptors (Lipinski definition) is 3. The number of halogens is 2. The number of fused-ring (bicyclic) bond motifs is 1. The van der Waals surface area contributed by atoms with Crippen molar-refractivity contribution in [3.8, 4) is 0 Å². The Kier molecular flexibility index (Phi) is 3.78. The molecule has 1 aromatic carbocycles. The molecule has 2 heterocycles. The maximum Gasteiger partial charge on any atom is 0.137 e. The van der Waals surface area contributed by atoms with E-state index in [4.69, 9.17) is 27.6 Å². The van der Waals surface area contributed by atoms with Gasteiger partial charge in [-0.1, -0.05) is 41.4 Å². The Morgan fingerprint density at radius 2 is 2.05 bits per heavy atom. The smallest absolute Gasteiger partial charge is 0.137 e. The first-order chi connectivity index (χ1) is 9.60. The number of rotatable bonds is 3. The van der Waals surface area contributed by atoms with E-state index in [0.717, 1.165) is 27.9 Å². The SMILES string of the molecule is CNC(c1cc2cccc(C)c2o1)c1cc(Cl)sc1Cl. The summed E-state index contributed by atoms with van der Waals surface area (Å²) >= 11 is 13.7. The monoisotopic (exact) mass is 325 g/mol. The van der Waals surface area contributed by atoms with Gasteiger partial charge in [0.15, 0.2) is 0 Å². The van der Waals surface area contributed by atoms with Crippen molar-refractivity contribution in [2.24, 2.45) is 0 Å². The molecule has 2 nitrogen and oxygen atoms in total. The van der Waals surface area contributed by atoms with Gasteiger partial charge in [-0.25, -0.2) is 0 Å². The molecule has 0 bridgehead atoms. The Hall–Kier alpha value is -1.00. The van der Waals surface area contributed by atoms with Gasteiger partial charge in [0.2, 0.25) is 0 Å². The largest absolute Gasteiger partial charge is 0.459 e. The van der Waals surface area contributed by atoms with Crippen LogP contribution >= 0.6 is 34.5 Å². The fourth-order valence-corrected chi connectivity index (χ4v) is 3.90. The van der Waals surface area contributed by atoms with E-state index in [9.17, 15) is 0 Å². The molecular formula is C15H13Cl2NOS. The second-order valence-electron chi connectivity index (χ2n) is 4.64. The van der Waals surface area contributed by atoms with Gasteiger partial charge in [-0.3, -0.25) is 0 Å². The Labute approximate surface area is 131 Å². The fourth-order valence-electron chi connectivity index (χ4n) is 2.37. The van der Waals surface area contributed by atoms with E-state index in [2.05, 4.69) is 5.32 Å². The zero-order valence-electron chi connectivity index (χ0n) is 11.0. The first-order valence-corrected chi connectivity index (χ1v) is 7.78. The van der Waals surface area contributed by atoms with Gasteiger partial charge in [0.1, 0.15) is 11.3 Å². The Balaban J connectivity index is 2.12. The molecular weight excluding hydrogens is 313 g/mol. The maximum atomic E-state index is 6.25. The summed E-state index contributed by atoms with van der Waals surface area (Å²) in [5.41, 5.74) is 2.99. The van der Waals surface area contributed by atoms with E-state index < -0.39 is 0 Å². The highest BCUT2D eigenvalue weighted by Crippen LogP contribution is 2.38. The molecule has 0 saturated carbocycles. The zero-order chi connectivity index (χ0) is 14.3. The van der Waals surface area contributed by atoms with E-state index in [0.29, 0.717) is 8.67 Å². The Bertz CT molecular complexity index is 762. The summed E-state index contributed by atoms with van der Waals surface area (Å²) in [5, 5.41) is 4.33. The average Bonchev–Trinajstić information content (AvgIpc) is 2.96. The minimum absolute atomic E-state index is 0.0990. The van der Waals surface area contributed by atoms with Gasteiger partial charge in [0.05, 0.1) is 14.7 Å². The molecule has 3 rings (SSSR count). The lowest BCUT2D eigenvalue weighted by atomic mass is 10.1. The van der Waals surface area contributed by atoms with Gasteiger partial charge in [0.25, 0.3) is 0 Å². The molecule has 5 heteroatoms. The predicted octanol–water partition coefficient (Wildman–Crippen LogP) is 5.42.